The van der Waals surface area contributed by atoms with Crippen LogP contribution in [0.5, 0.6) is 0 Å². The molecule has 23 heavy (non-hydrogen) atoms. The zero-order chi connectivity index (χ0) is 15.6. The molecule has 4 aromatic rings. The summed E-state index contributed by atoms with van der Waals surface area (Å²) < 4.78 is 5.55. The first-order valence-corrected chi connectivity index (χ1v) is 7.50. The second-order valence-electron chi connectivity index (χ2n) is 5.36. The van der Waals surface area contributed by atoms with Crippen molar-refractivity contribution in [1.29, 1.82) is 0 Å². The van der Waals surface area contributed by atoms with E-state index in [0.29, 0.717) is 18.7 Å². The highest BCUT2D eigenvalue weighted by molar-refractivity contribution is 5.96. The fourth-order valence-corrected chi connectivity index (χ4v) is 2.60. The van der Waals surface area contributed by atoms with Crippen molar-refractivity contribution in [2.24, 2.45) is 0 Å². The van der Waals surface area contributed by atoms with Crippen LogP contribution < -0.4 is 5.32 Å². The molecule has 0 fully saturated rings. The van der Waals surface area contributed by atoms with Gasteiger partial charge in [0.25, 0.3) is 5.91 Å². The van der Waals surface area contributed by atoms with Crippen LogP contribution in [0.25, 0.3) is 22.0 Å². The van der Waals surface area contributed by atoms with Crippen molar-refractivity contribution in [2.75, 3.05) is 6.54 Å². The highest BCUT2D eigenvalue weighted by Crippen LogP contribution is 2.18. The molecule has 0 aliphatic rings. The van der Waals surface area contributed by atoms with Crippen molar-refractivity contribution >= 4 is 27.9 Å². The molecule has 4 rings (SSSR count). The summed E-state index contributed by atoms with van der Waals surface area (Å²) in [6.45, 7) is 0.496. The van der Waals surface area contributed by atoms with Crippen LogP contribution in [0, 0.1) is 0 Å². The second-order valence-corrected chi connectivity index (χ2v) is 5.36. The maximum absolute atomic E-state index is 12.1. The van der Waals surface area contributed by atoms with Crippen molar-refractivity contribution in [3.05, 3.63) is 66.2 Å². The van der Waals surface area contributed by atoms with Gasteiger partial charge in [-0.1, -0.05) is 30.3 Å². The van der Waals surface area contributed by atoms with Gasteiger partial charge < -0.3 is 14.7 Å². The quantitative estimate of drug-likeness (QED) is 0.608. The minimum atomic E-state index is -0.211. The highest BCUT2D eigenvalue weighted by atomic mass is 16.3. The number of fused-ring (bicyclic) bond motifs is 2. The predicted octanol–water partition coefficient (Wildman–Crippen LogP) is 3.28. The molecule has 2 aromatic carbocycles. The molecule has 0 aliphatic carbocycles. The smallest absolute Gasteiger partial charge is 0.287 e. The number of nitrogens with zero attached hydrogens (tertiary/aromatic N) is 1. The Morgan fingerprint density at radius 1 is 1.13 bits per heavy atom. The van der Waals surface area contributed by atoms with Crippen molar-refractivity contribution in [1.82, 2.24) is 15.3 Å². The summed E-state index contributed by atoms with van der Waals surface area (Å²) in [7, 11) is 0. The Morgan fingerprint density at radius 3 is 2.83 bits per heavy atom. The van der Waals surface area contributed by atoms with Gasteiger partial charge in [0.1, 0.15) is 11.4 Å². The minimum absolute atomic E-state index is 0.211. The SMILES string of the molecule is O=C(NCCc1nc2ccccc2[nH]1)c1cc2ccccc2o1. The first kappa shape index (κ1) is 13.6. The lowest BCUT2D eigenvalue weighted by molar-refractivity contribution is 0.0928. The summed E-state index contributed by atoms with van der Waals surface area (Å²) in [5.74, 6) is 0.976. The van der Waals surface area contributed by atoms with Gasteiger partial charge in [-0.3, -0.25) is 4.79 Å². The number of aromatic nitrogens is 2. The number of furan rings is 1. The normalized spacial score (nSPS) is 11.1. The van der Waals surface area contributed by atoms with Crippen LogP contribution in [0.3, 0.4) is 0 Å². The third-order valence-corrected chi connectivity index (χ3v) is 3.74. The first-order chi connectivity index (χ1) is 11.3. The van der Waals surface area contributed by atoms with Gasteiger partial charge in [-0.15, -0.1) is 0 Å². The van der Waals surface area contributed by atoms with Gasteiger partial charge in [-0.25, -0.2) is 4.98 Å². The molecule has 2 heterocycles. The van der Waals surface area contributed by atoms with Crippen LogP contribution in [0.1, 0.15) is 16.4 Å². The van der Waals surface area contributed by atoms with E-state index >= 15 is 0 Å². The summed E-state index contributed by atoms with van der Waals surface area (Å²) in [6, 6.07) is 17.2. The van der Waals surface area contributed by atoms with Crippen molar-refractivity contribution in [2.45, 2.75) is 6.42 Å². The average Bonchev–Trinajstić information content (AvgIpc) is 3.18. The number of aromatic amines is 1. The van der Waals surface area contributed by atoms with Crippen LogP contribution in [-0.4, -0.2) is 22.4 Å². The van der Waals surface area contributed by atoms with Gasteiger partial charge >= 0.3 is 0 Å². The number of H-pyrrole nitrogens is 1. The molecule has 0 saturated heterocycles. The molecule has 2 N–H and O–H groups in total. The zero-order valence-corrected chi connectivity index (χ0v) is 12.4. The molecule has 5 heteroatoms. The molecule has 2 aromatic heterocycles. The molecule has 0 radical (unpaired) electrons. The Balaban J connectivity index is 1.41. The monoisotopic (exact) mass is 305 g/mol. The van der Waals surface area contributed by atoms with Crippen LogP contribution in [-0.2, 0) is 6.42 Å². The number of hydrogen-bond donors (Lipinski definition) is 2. The summed E-state index contributed by atoms with van der Waals surface area (Å²) in [5.41, 5.74) is 2.66. The van der Waals surface area contributed by atoms with Gasteiger partial charge in [0.15, 0.2) is 5.76 Å². The van der Waals surface area contributed by atoms with E-state index in [1.807, 2.05) is 48.5 Å². The molecule has 114 valence electrons. The number of carbonyl (C=O) groups excluding carboxylic acids is 1. The van der Waals surface area contributed by atoms with Gasteiger partial charge in [-0.05, 0) is 24.3 Å². The Labute approximate surface area is 132 Å². The van der Waals surface area contributed by atoms with Crippen molar-refractivity contribution in [3.63, 3.8) is 0 Å². The van der Waals surface area contributed by atoms with Crippen LogP contribution in [0.4, 0.5) is 0 Å². The third kappa shape index (κ3) is 2.68. The lowest BCUT2D eigenvalue weighted by atomic mass is 10.2. The minimum Gasteiger partial charge on any atom is -0.451 e. The zero-order valence-electron chi connectivity index (χ0n) is 12.4. The highest BCUT2D eigenvalue weighted by Gasteiger charge is 2.11. The number of hydrogen-bond acceptors (Lipinski definition) is 3. The first-order valence-electron chi connectivity index (χ1n) is 7.50. The second kappa shape index (κ2) is 5.61. The molecule has 0 bridgehead atoms. The molecule has 0 aliphatic heterocycles. The number of carbonyl (C=O) groups is 1. The van der Waals surface area contributed by atoms with E-state index in [4.69, 9.17) is 4.42 Å². The number of amides is 1. The molecule has 0 unspecified atom stereocenters. The van der Waals surface area contributed by atoms with E-state index in [-0.39, 0.29) is 5.91 Å². The van der Waals surface area contributed by atoms with Gasteiger partial charge in [-0.2, -0.15) is 0 Å². The third-order valence-electron chi connectivity index (χ3n) is 3.74. The van der Waals surface area contributed by atoms with Crippen molar-refractivity contribution in [3.8, 4) is 0 Å². The maximum Gasteiger partial charge on any atom is 0.287 e. The fraction of sp³-hybridized carbons (Fsp3) is 0.111. The molecule has 1 amide bonds. The van der Waals surface area contributed by atoms with E-state index in [2.05, 4.69) is 15.3 Å². The van der Waals surface area contributed by atoms with E-state index < -0.39 is 0 Å². The summed E-state index contributed by atoms with van der Waals surface area (Å²) >= 11 is 0. The number of rotatable bonds is 4. The van der Waals surface area contributed by atoms with Gasteiger partial charge in [0, 0.05) is 18.4 Å². The summed E-state index contributed by atoms with van der Waals surface area (Å²) in [5, 5.41) is 3.79. The van der Waals surface area contributed by atoms with Gasteiger partial charge in [0.05, 0.1) is 11.0 Å². The lowest BCUT2D eigenvalue weighted by Crippen LogP contribution is -2.25. The molecular weight excluding hydrogens is 290 g/mol. The molecular formula is C18H15N3O2. The number of imidazole rings is 1. The number of nitrogens with one attached hydrogen (secondary N) is 2. The van der Waals surface area contributed by atoms with Crippen LogP contribution in [0.2, 0.25) is 0 Å². The average molecular weight is 305 g/mol. The molecule has 5 nitrogen and oxygen atoms in total. The predicted molar refractivity (Wildman–Crippen MR) is 88.3 cm³/mol. The summed E-state index contributed by atoms with van der Waals surface area (Å²) in [4.78, 5) is 19.9. The van der Waals surface area contributed by atoms with E-state index in [1.165, 1.54) is 0 Å². The van der Waals surface area contributed by atoms with E-state index in [0.717, 1.165) is 27.8 Å². The summed E-state index contributed by atoms with van der Waals surface area (Å²) in [6.07, 6.45) is 0.640. The van der Waals surface area contributed by atoms with E-state index in [9.17, 15) is 4.79 Å². The topological polar surface area (TPSA) is 70.9 Å². The Morgan fingerprint density at radius 2 is 1.96 bits per heavy atom. The van der Waals surface area contributed by atoms with Crippen molar-refractivity contribution < 1.29 is 9.21 Å². The molecule has 0 saturated carbocycles. The number of para-hydroxylation sites is 3. The largest absolute Gasteiger partial charge is 0.451 e. The van der Waals surface area contributed by atoms with Crippen LogP contribution >= 0.6 is 0 Å². The van der Waals surface area contributed by atoms with E-state index in [1.54, 1.807) is 6.07 Å². The fourth-order valence-electron chi connectivity index (χ4n) is 2.60. The van der Waals surface area contributed by atoms with Gasteiger partial charge in [0.2, 0.25) is 0 Å². The Bertz CT molecular complexity index is 918. The standard InChI is InChI=1S/C18H15N3O2/c22-18(16-11-12-5-1-4-8-15(12)23-16)19-10-9-17-20-13-6-2-3-7-14(13)21-17/h1-8,11H,9-10H2,(H,19,22)(H,20,21). The number of benzene rings is 2. The van der Waals surface area contributed by atoms with Crippen LogP contribution in [0.15, 0.2) is 59.0 Å². The Kier molecular flexibility index (Phi) is 3.31. The maximum atomic E-state index is 12.1. The molecule has 0 spiro atoms. The molecule has 0 atom stereocenters. The Hall–Kier alpha value is -3.08. The lowest BCUT2D eigenvalue weighted by Gasteiger charge is -2.00.